The van der Waals surface area contributed by atoms with Crippen LogP contribution in [0.5, 0.6) is 0 Å². The van der Waals surface area contributed by atoms with E-state index in [0.717, 1.165) is 0 Å². The monoisotopic (exact) mass is 436 g/mol. The van der Waals surface area contributed by atoms with E-state index in [1.54, 1.807) is 13.3 Å². The minimum atomic E-state index is -2.28. The van der Waals surface area contributed by atoms with Gasteiger partial charge in [-0.25, -0.2) is 0 Å². The predicted molar refractivity (Wildman–Crippen MR) is 108 cm³/mol. The summed E-state index contributed by atoms with van der Waals surface area (Å²) in [7, 11) is -0.977. The van der Waals surface area contributed by atoms with E-state index in [1.807, 2.05) is 0 Å². The summed E-state index contributed by atoms with van der Waals surface area (Å²) in [4.78, 5) is 0. The summed E-state index contributed by atoms with van der Waals surface area (Å²) in [6, 6.07) is 0. The van der Waals surface area contributed by atoms with Crippen LogP contribution in [-0.4, -0.2) is 31.5 Å². The zero-order valence-electron chi connectivity index (χ0n) is 16.9. The van der Waals surface area contributed by atoms with E-state index in [2.05, 4.69) is 54.6 Å². The molecule has 0 aromatic rings. The zero-order chi connectivity index (χ0) is 17.2. The Morgan fingerprint density at radius 1 is 0.818 bits per heavy atom. The molecular weight excluding hydrogens is 391 g/mol. The van der Waals surface area contributed by atoms with Crippen LogP contribution >= 0.6 is 0 Å². The quantitative estimate of drug-likeness (QED) is 0.307. The predicted octanol–water partition coefficient (Wildman–Crippen LogP) is 6.79. The van der Waals surface area contributed by atoms with Crippen LogP contribution < -0.4 is 0 Å². The van der Waals surface area contributed by atoms with Crippen molar-refractivity contribution in [2.24, 2.45) is 5.41 Å². The average molecular weight is 435 g/mol. The van der Waals surface area contributed by atoms with Crippen LogP contribution in [0.4, 0.5) is 0 Å². The molecule has 0 radical (unpaired) electrons. The van der Waals surface area contributed by atoms with Crippen molar-refractivity contribution < 1.29 is 4.43 Å². The van der Waals surface area contributed by atoms with Gasteiger partial charge in [0.2, 0.25) is 0 Å². The molecule has 0 amide bonds. The third-order valence-electron chi connectivity index (χ3n) is 4.84. The molecule has 0 bridgehead atoms. The Labute approximate surface area is 147 Å². The van der Waals surface area contributed by atoms with E-state index >= 15 is 0 Å². The normalized spacial score (nSPS) is 14.6. The van der Waals surface area contributed by atoms with Gasteiger partial charge in [0.15, 0.2) is 0 Å². The van der Waals surface area contributed by atoms with Crippen molar-refractivity contribution in [3.8, 4) is 0 Å². The molecule has 0 rings (SSSR count). The van der Waals surface area contributed by atoms with Gasteiger partial charge in [-0.2, -0.15) is 0 Å². The summed E-state index contributed by atoms with van der Waals surface area (Å²) in [6.07, 6.45) is 8.39. The number of hydrogen-bond acceptors (Lipinski definition) is 1. The molecule has 0 heterocycles. The van der Waals surface area contributed by atoms with E-state index in [0.29, 0.717) is 9.53 Å². The van der Waals surface area contributed by atoms with Gasteiger partial charge in [-0.15, -0.1) is 0 Å². The summed E-state index contributed by atoms with van der Waals surface area (Å²) in [5.41, 5.74) is 0.336. The molecule has 134 valence electrons. The summed E-state index contributed by atoms with van der Waals surface area (Å²) < 4.78 is 12.1. The Morgan fingerprint density at radius 3 is 1.41 bits per heavy atom. The number of unbranched alkanes of at least 4 members (excludes halogenated alkanes) is 3. The second-order valence-corrected chi connectivity index (χ2v) is 24.5. The molecule has 1 atom stereocenters. The van der Waals surface area contributed by atoms with Crippen molar-refractivity contribution in [3.63, 3.8) is 0 Å². The first-order chi connectivity index (χ1) is 10.2. The molecule has 22 heavy (non-hydrogen) atoms. The Bertz CT molecular complexity index is 251. The maximum atomic E-state index is 6.80. The topological polar surface area (TPSA) is 9.23 Å². The van der Waals surface area contributed by atoms with Crippen molar-refractivity contribution in [1.29, 1.82) is 0 Å². The zero-order valence-corrected chi connectivity index (χ0v) is 20.9. The van der Waals surface area contributed by atoms with Crippen LogP contribution in [0.15, 0.2) is 0 Å². The van der Waals surface area contributed by atoms with Crippen LogP contribution in [-0.2, 0) is 4.43 Å². The van der Waals surface area contributed by atoms with Crippen LogP contribution in [0.1, 0.15) is 80.1 Å². The van der Waals surface area contributed by atoms with Gasteiger partial charge in [0.25, 0.3) is 0 Å². The van der Waals surface area contributed by atoms with Crippen molar-refractivity contribution in [2.75, 3.05) is 0 Å². The fourth-order valence-corrected chi connectivity index (χ4v) is 28.6. The number of hydrogen-bond donors (Lipinski definition) is 0. The van der Waals surface area contributed by atoms with Gasteiger partial charge in [-0.1, -0.05) is 0 Å². The first kappa shape index (κ1) is 23.0. The Balaban J connectivity index is 5.54. The van der Waals surface area contributed by atoms with Gasteiger partial charge < -0.3 is 0 Å². The molecule has 0 spiro atoms. The molecule has 0 saturated carbocycles. The molecule has 0 aromatic heterocycles. The fourth-order valence-electron chi connectivity index (χ4n) is 3.89. The first-order valence-electron chi connectivity index (χ1n) is 9.89. The standard InChI is InChI=1S/C7H17OSi.3C4H9.Sn/c1-7(2,3)6-8-9(4)5;3*1-3-4-2;/h6,9H,1-5H3;3*1,3-4H2,2H3;. The van der Waals surface area contributed by atoms with Gasteiger partial charge in [-0.05, 0) is 0 Å². The third kappa shape index (κ3) is 8.19. The van der Waals surface area contributed by atoms with Crippen LogP contribution in [0.3, 0.4) is 0 Å². The van der Waals surface area contributed by atoms with Crippen molar-refractivity contribution >= 4 is 27.4 Å². The van der Waals surface area contributed by atoms with Crippen LogP contribution in [0.2, 0.25) is 26.4 Å². The van der Waals surface area contributed by atoms with E-state index < -0.39 is 27.4 Å². The van der Waals surface area contributed by atoms with E-state index in [9.17, 15) is 0 Å². The molecule has 0 fully saturated rings. The Morgan fingerprint density at radius 2 is 1.18 bits per heavy atom. The molecular formula is C19H44OSiSn. The SMILES string of the molecule is CCC[CH2][Sn]([CH2]CCC)([CH2]CCC)[CH](O[SiH](C)C)C(C)(C)C. The second kappa shape index (κ2) is 11.5. The molecule has 1 nitrogen and oxygen atoms in total. The molecule has 0 N–H and O–H groups in total. The van der Waals surface area contributed by atoms with Crippen LogP contribution in [0.25, 0.3) is 0 Å². The third-order valence-corrected chi connectivity index (χ3v) is 24.0. The van der Waals surface area contributed by atoms with Gasteiger partial charge in [0.05, 0.1) is 0 Å². The van der Waals surface area contributed by atoms with E-state index in [4.69, 9.17) is 4.43 Å². The summed E-state index contributed by atoms with van der Waals surface area (Å²) in [6.45, 7) is 19.2. The van der Waals surface area contributed by atoms with Crippen LogP contribution in [0, 0.1) is 5.41 Å². The second-order valence-electron chi connectivity index (χ2n) is 8.60. The van der Waals surface area contributed by atoms with E-state index in [-0.39, 0.29) is 0 Å². The van der Waals surface area contributed by atoms with Crippen molar-refractivity contribution in [2.45, 2.75) is 111 Å². The fraction of sp³-hybridized carbons (Fsp3) is 1.00. The average Bonchev–Trinajstić information content (AvgIpc) is 2.43. The maximum absolute atomic E-state index is 6.80. The molecule has 0 saturated heterocycles. The van der Waals surface area contributed by atoms with Gasteiger partial charge in [0.1, 0.15) is 0 Å². The molecule has 0 aromatic carbocycles. The Hall–Kier alpha value is 0.976. The summed E-state index contributed by atoms with van der Waals surface area (Å²) in [5, 5.41) is 0. The number of rotatable bonds is 12. The summed E-state index contributed by atoms with van der Waals surface area (Å²) in [5.74, 6) is 0. The molecule has 3 heteroatoms. The van der Waals surface area contributed by atoms with E-state index in [1.165, 1.54) is 38.5 Å². The molecule has 0 aliphatic rings. The van der Waals surface area contributed by atoms with Crippen molar-refractivity contribution in [1.82, 2.24) is 0 Å². The van der Waals surface area contributed by atoms with Crippen molar-refractivity contribution in [3.05, 3.63) is 0 Å². The van der Waals surface area contributed by atoms with Gasteiger partial charge >= 0.3 is 148 Å². The first-order valence-corrected chi connectivity index (χ1v) is 20.4. The molecule has 0 aliphatic heterocycles. The Kier molecular flexibility index (Phi) is 12.0. The molecule has 0 aliphatic carbocycles. The summed E-state index contributed by atoms with van der Waals surface area (Å²) >= 11 is -2.28. The minimum absolute atomic E-state index is 0.336. The van der Waals surface area contributed by atoms with Gasteiger partial charge in [0, 0.05) is 0 Å². The van der Waals surface area contributed by atoms with Gasteiger partial charge in [-0.3, -0.25) is 0 Å². The molecule has 1 unspecified atom stereocenters.